The Morgan fingerprint density at radius 1 is 0.452 bits per heavy atom. The van der Waals surface area contributed by atoms with Crippen molar-refractivity contribution in [2.24, 2.45) is 11.5 Å². The molecule has 8 aromatic heterocycles. The number of nitrogens with two attached hydrogens (primary N) is 6. The molecule has 10 heterocycles. The van der Waals surface area contributed by atoms with E-state index < -0.39 is 86.1 Å². The Hall–Kier alpha value is -13.4. The quantitative estimate of drug-likeness (QED) is 0.0144. The summed E-state index contributed by atoms with van der Waals surface area (Å²) in [5.41, 5.74) is 31.3. The number of benzene rings is 3. The number of halogens is 10. The zero-order valence-corrected chi connectivity index (χ0v) is 68.4. The smallest absolute Gasteiger partial charge is 0.383 e. The van der Waals surface area contributed by atoms with E-state index in [1.54, 1.807) is 30.2 Å². The van der Waals surface area contributed by atoms with Crippen molar-refractivity contribution in [3.8, 4) is 11.8 Å². The largest absolute Gasteiger partial charge is 0.418 e. The van der Waals surface area contributed by atoms with E-state index in [4.69, 9.17) is 39.4 Å². The summed E-state index contributed by atoms with van der Waals surface area (Å²) in [5.74, 6) is 3.65. The van der Waals surface area contributed by atoms with E-state index in [-0.39, 0.29) is 105 Å². The molecule has 13 rings (SSSR count). The van der Waals surface area contributed by atoms with Gasteiger partial charge in [0.25, 0.3) is 0 Å². The molecule has 2 aliphatic heterocycles. The number of anilines is 8. The van der Waals surface area contributed by atoms with Gasteiger partial charge in [-0.15, -0.1) is 5.92 Å². The molecule has 3 aromatic carbocycles. The topological polar surface area (TPSA) is 382 Å². The van der Waals surface area contributed by atoms with Crippen molar-refractivity contribution >= 4 is 69.7 Å². The van der Waals surface area contributed by atoms with Gasteiger partial charge in [-0.25, -0.2) is 44.3 Å². The number of carbonyl (C=O) groups excluding carboxylic acids is 4. The van der Waals surface area contributed by atoms with Crippen molar-refractivity contribution in [3.05, 3.63) is 297 Å². The van der Waals surface area contributed by atoms with E-state index in [0.29, 0.717) is 75.5 Å². The highest BCUT2D eigenvalue weighted by Crippen LogP contribution is 2.39. The molecule has 124 heavy (non-hydrogen) atoms. The molecule has 1 unspecified atom stereocenters. The fourth-order valence-electron chi connectivity index (χ4n) is 14.2. The maximum absolute atomic E-state index is 14.0. The predicted octanol–water partition coefficient (Wildman–Crippen LogP) is 18.0. The SMILES string of the molecule is CC#Cc1ccc(N2CCN[C@H](c3ccccc3)C2)nc1C(=O)c1cccnc1N.CC(C)(F)CC1CN(c2ccc(C(F)(F)F)c(C(=O)c3cccnc3N)n2)CCN1.CC[C@@](CN)(CNc1ccc(C(F)(F)F)c(C(=O)c2cccnc2N)n1)c1ccccc1.CC[C@](CN)(CNc1ccc(C(F)(F)F)c(C(=O)c2cccnc2N)n1)c1ccccc1.[HH].[HH].[HH].[HH].[HH].[HH].[HH].[HH].[HH].[HH].[HH].[HH].[HH].[HH].[HH].[HH]. The van der Waals surface area contributed by atoms with Crippen molar-refractivity contribution < 1.29 is 85.9 Å². The highest BCUT2D eigenvalue weighted by atomic mass is 19.4. The van der Waals surface area contributed by atoms with Gasteiger partial charge in [-0.1, -0.05) is 111 Å². The van der Waals surface area contributed by atoms with E-state index >= 15 is 0 Å². The van der Waals surface area contributed by atoms with Gasteiger partial charge < -0.3 is 65.5 Å². The first-order chi connectivity index (χ1) is 59.1. The van der Waals surface area contributed by atoms with Gasteiger partial charge in [0.05, 0.1) is 44.5 Å². The number of hydrogen-bond acceptors (Lipinski definition) is 24. The lowest BCUT2D eigenvalue weighted by atomic mass is 9.78. The lowest BCUT2D eigenvalue weighted by Crippen LogP contribution is -2.52. The molecule has 2 fully saturated rings. The van der Waals surface area contributed by atoms with Crippen LogP contribution < -0.4 is 65.5 Å². The standard InChI is InChI=1S/C24H23N5O.2C23H24F3N5O.C20H23F4N5O.16H2/c1-2-7-18-11-12-21(28-22(18)23(30)19-10-6-13-27-24(19)25)29-15-14-26-20(16-29)17-8-4-3-5-9-17;2*1-2-22(13-27,15-7-4-3-5-8-15)14-30-18-11-10-17(23(24,25)26)19(31-18)20(32)16-9-6-12-29-21(16)28;1-19(2,21)10-12-11-29(9-8-26-12)15-6-5-14(20(22,23)24)16(28-15)17(30)13-4-3-7-27-18(13)25;;;;;;;;;;;;;;;;/h3-6,8-13,20,26H,14-16H2,1H3,(H2,25,27);2*3-12H,2,13-14,27H2,1H3,(H2,28,29)(H,30,31);3-7,12,26H,8-11H2,1-2H3,(H2,25,27);16*1H/t20-;2*22-;;;;;;;;;;;;;;;;;/m010................./s1. The van der Waals surface area contributed by atoms with Crippen LogP contribution in [0.2, 0.25) is 0 Å². The van der Waals surface area contributed by atoms with Crippen LogP contribution in [0.5, 0.6) is 0 Å². The second-order valence-electron chi connectivity index (χ2n) is 29.7. The predicted molar refractivity (Wildman–Crippen MR) is 492 cm³/mol. The molecule has 11 aromatic rings. The molecular formula is C90H126F10N20O4. The number of rotatable bonds is 25. The zero-order valence-electron chi connectivity index (χ0n) is 68.4. The number of ketones is 4. The lowest BCUT2D eigenvalue weighted by molar-refractivity contribution is -0.138. The summed E-state index contributed by atoms with van der Waals surface area (Å²) >= 11 is 0. The number of nitrogens with one attached hydrogen (secondary N) is 4. The van der Waals surface area contributed by atoms with Crippen LogP contribution in [0.1, 0.15) is 186 Å². The van der Waals surface area contributed by atoms with Gasteiger partial charge in [0, 0.05) is 136 Å². The average molecular weight is 1740 g/mol. The third-order valence-electron chi connectivity index (χ3n) is 21.1. The van der Waals surface area contributed by atoms with Gasteiger partial charge in [0.2, 0.25) is 23.1 Å². The number of nitrogen functional groups attached to an aromatic ring is 4. The van der Waals surface area contributed by atoms with Crippen molar-refractivity contribution in [1.29, 1.82) is 0 Å². The van der Waals surface area contributed by atoms with Crippen LogP contribution in [0.3, 0.4) is 0 Å². The van der Waals surface area contributed by atoms with Crippen LogP contribution in [0.25, 0.3) is 0 Å². The molecule has 0 aliphatic carbocycles. The molecule has 0 bridgehead atoms. The minimum absolute atomic E-state index is 0. The van der Waals surface area contributed by atoms with Crippen LogP contribution in [-0.4, -0.2) is 140 Å². The first kappa shape index (κ1) is 92.9. The summed E-state index contributed by atoms with van der Waals surface area (Å²) in [6.07, 6.45) is -7.06. The van der Waals surface area contributed by atoms with Crippen molar-refractivity contribution in [2.75, 3.05) is 109 Å². The van der Waals surface area contributed by atoms with E-state index in [1.165, 1.54) is 92.6 Å². The van der Waals surface area contributed by atoms with Crippen LogP contribution >= 0.6 is 0 Å². The minimum Gasteiger partial charge on any atom is -0.383 e. The van der Waals surface area contributed by atoms with Gasteiger partial charge in [-0.3, -0.25) is 19.2 Å². The second kappa shape index (κ2) is 41.0. The third-order valence-corrected chi connectivity index (χ3v) is 21.1. The Morgan fingerprint density at radius 2 is 0.806 bits per heavy atom. The first-order valence-electron chi connectivity index (χ1n) is 39.4. The monoisotopic (exact) mass is 1740 g/mol. The van der Waals surface area contributed by atoms with E-state index in [2.05, 4.69) is 85.0 Å². The molecular weight excluding hydrogens is 1620 g/mol. The lowest BCUT2D eigenvalue weighted by Gasteiger charge is -2.36. The number of aromatic nitrogens is 8. The molecule has 2 saturated heterocycles. The van der Waals surface area contributed by atoms with E-state index in [9.17, 15) is 63.1 Å². The number of pyridine rings is 8. The molecule has 34 heteroatoms. The molecule has 0 amide bonds. The van der Waals surface area contributed by atoms with Crippen molar-refractivity contribution in [1.82, 2.24) is 50.5 Å². The maximum Gasteiger partial charge on any atom is 0.418 e. The summed E-state index contributed by atoms with van der Waals surface area (Å²) in [4.78, 5) is 88.0. The summed E-state index contributed by atoms with van der Waals surface area (Å²) in [6.45, 7) is 13.7. The van der Waals surface area contributed by atoms with Crippen LogP contribution in [0.4, 0.5) is 90.4 Å². The Labute approximate surface area is 733 Å². The normalized spacial score (nSPS) is 15.1. The van der Waals surface area contributed by atoms with Crippen molar-refractivity contribution in [3.63, 3.8) is 0 Å². The minimum atomic E-state index is -4.77. The Bertz CT molecular complexity index is 5470. The molecule has 24 nitrogen and oxygen atoms in total. The van der Waals surface area contributed by atoms with Crippen LogP contribution in [0, 0.1) is 11.8 Å². The molecule has 4 atom stereocenters. The number of alkyl halides is 10. The number of nitrogens with zero attached hydrogens (tertiary/aromatic N) is 10. The molecule has 2 aliphatic rings. The zero-order chi connectivity index (χ0) is 89.7. The third kappa shape index (κ3) is 23.3. The van der Waals surface area contributed by atoms with E-state index in [0.717, 1.165) is 54.8 Å². The summed E-state index contributed by atoms with van der Waals surface area (Å²) in [5, 5.41) is 12.9. The van der Waals surface area contributed by atoms with E-state index in [1.807, 2.05) is 105 Å². The highest BCUT2D eigenvalue weighted by Gasteiger charge is 2.42. The van der Waals surface area contributed by atoms with Gasteiger partial charge in [-0.05, 0) is 154 Å². The summed E-state index contributed by atoms with van der Waals surface area (Å²) in [7, 11) is 0. The molecule has 0 radical (unpaired) electrons. The fourth-order valence-corrected chi connectivity index (χ4v) is 14.2. The molecule has 16 N–H and O–H groups in total. The van der Waals surface area contributed by atoms with Crippen LogP contribution in [0.15, 0.2) is 213 Å². The highest BCUT2D eigenvalue weighted by molar-refractivity contribution is 6.14. The molecule has 0 saturated carbocycles. The average Bonchev–Trinajstić information content (AvgIpc) is 0.786. The molecule has 680 valence electrons. The van der Waals surface area contributed by atoms with Gasteiger partial charge in [0.1, 0.15) is 75.0 Å². The second-order valence-corrected chi connectivity index (χ2v) is 29.7. The Balaban J connectivity index is -0.000000325. The fraction of sp³-hybridized carbons (Fsp3) is 0.289. The Morgan fingerprint density at radius 3 is 1.18 bits per heavy atom. The first-order valence-corrected chi connectivity index (χ1v) is 39.4. The maximum atomic E-state index is 14.0. The number of carbonyl (C=O) groups is 4. The number of hydrogen-bond donors (Lipinski definition) is 10. The van der Waals surface area contributed by atoms with Crippen molar-refractivity contribution in [2.45, 2.75) is 101 Å². The summed E-state index contributed by atoms with van der Waals surface area (Å²) in [6, 6.07) is 51.1. The summed E-state index contributed by atoms with van der Waals surface area (Å²) < 4.78 is 136. The van der Waals surface area contributed by atoms with Gasteiger partial charge in [0.15, 0.2) is 0 Å². The van der Waals surface area contributed by atoms with Crippen LogP contribution in [-0.2, 0) is 29.4 Å². The number of piperazine rings is 2. The van der Waals surface area contributed by atoms with Gasteiger partial charge in [-0.2, -0.15) is 39.5 Å². The Kier molecular flexibility index (Phi) is 30.7. The van der Waals surface area contributed by atoms with Gasteiger partial charge >= 0.3 is 18.5 Å². The molecule has 0 spiro atoms.